The van der Waals surface area contributed by atoms with Gasteiger partial charge in [-0.05, 0) is 25.5 Å². The maximum Gasteiger partial charge on any atom is 0.243 e. The molecule has 2 unspecified atom stereocenters. The summed E-state index contributed by atoms with van der Waals surface area (Å²) in [5.41, 5.74) is 5.47. The van der Waals surface area contributed by atoms with E-state index in [4.69, 9.17) is 22.1 Å². The van der Waals surface area contributed by atoms with Gasteiger partial charge in [-0.3, -0.25) is 0 Å². The molecule has 1 aliphatic rings. The smallest absolute Gasteiger partial charge is 0.243 e. The molecule has 0 saturated carbocycles. The Hall–Kier alpha value is -0.730. The molecule has 21 heavy (non-hydrogen) atoms. The first-order valence-electron chi connectivity index (χ1n) is 6.63. The molecule has 0 radical (unpaired) electrons. The third-order valence-corrected chi connectivity index (χ3v) is 5.38. The van der Waals surface area contributed by atoms with E-state index in [-0.39, 0.29) is 29.1 Å². The van der Waals surface area contributed by atoms with E-state index in [1.165, 1.54) is 6.07 Å². The van der Waals surface area contributed by atoms with Gasteiger partial charge in [0.25, 0.3) is 0 Å². The third-order valence-electron chi connectivity index (χ3n) is 3.60. The molecule has 1 aliphatic heterocycles. The predicted octanol–water partition coefficient (Wildman–Crippen LogP) is 1.64. The molecule has 0 bridgehead atoms. The van der Waals surface area contributed by atoms with Crippen LogP contribution in [0, 0.1) is 11.7 Å². The molecule has 0 amide bonds. The van der Waals surface area contributed by atoms with Gasteiger partial charge in [0.1, 0.15) is 10.7 Å². The fourth-order valence-electron chi connectivity index (χ4n) is 2.31. The molecular weight excluding hydrogens is 319 g/mol. The minimum atomic E-state index is -4.00. The highest BCUT2D eigenvalue weighted by molar-refractivity contribution is 7.89. The highest BCUT2D eigenvalue weighted by atomic mass is 35.5. The van der Waals surface area contributed by atoms with E-state index < -0.39 is 20.7 Å². The van der Waals surface area contributed by atoms with Crippen molar-refractivity contribution in [3.63, 3.8) is 0 Å². The molecule has 118 valence electrons. The van der Waals surface area contributed by atoms with E-state index in [0.717, 1.165) is 12.5 Å². The maximum absolute atomic E-state index is 14.2. The summed E-state index contributed by atoms with van der Waals surface area (Å²) in [6, 6.07) is 2.07. The normalized spacial score (nSPS) is 20.7. The zero-order chi connectivity index (χ0) is 15.6. The lowest BCUT2D eigenvalue weighted by Gasteiger charge is -2.20. The van der Waals surface area contributed by atoms with Gasteiger partial charge in [0.05, 0.1) is 6.61 Å². The van der Waals surface area contributed by atoms with Gasteiger partial charge in [0.15, 0.2) is 0 Å². The minimum Gasteiger partial charge on any atom is -0.381 e. The number of nitrogens with two attached hydrogens (primary N) is 1. The van der Waals surface area contributed by atoms with Gasteiger partial charge in [-0.1, -0.05) is 11.6 Å². The van der Waals surface area contributed by atoms with Crippen LogP contribution >= 0.6 is 11.6 Å². The first-order chi connectivity index (χ1) is 9.85. The predicted molar refractivity (Wildman–Crippen MR) is 78.0 cm³/mol. The van der Waals surface area contributed by atoms with E-state index in [9.17, 15) is 12.8 Å². The Labute approximate surface area is 128 Å². The summed E-state index contributed by atoms with van der Waals surface area (Å²) in [7, 11) is -4.00. The summed E-state index contributed by atoms with van der Waals surface area (Å²) < 4.78 is 46.6. The number of hydrogen-bond acceptors (Lipinski definition) is 4. The van der Waals surface area contributed by atoms with Crippen molar-refractivity contribution in [3.05, 3.63) is 28.5 Å². The Bertz CT molecular complexity index is 618. The molecule has 2 atom stereocenters. The van der Waals surface area contributed by atoms with Crippen LogP contribution in [0.3, 0.4) is 0 Å². The average molecular weight is 337 g/mol. The van der Waals surface area contributed by atoms with E-state index in [1.807, 2.05) is 0 Å². The van der Waals surface area contributed by atoms with Crippen molar-refractivity contribution in [1.29, 1.82) is 0 Å². The second-order valence-corrected chi connectivity index (χ2v) is 7.23. The molecular formula is C13H18ClFN2O3S. The third kappa shape index (κ3) is 3.73. The van der Waals surface area contributed by atoms with Gasteiger partial charge in [-0.2, -0.15) is 0 Å². The molecule has 0 spiro atoms. The molecule has 1 saturated heterocycles. The number of benzene rings is 1. The van der Waals surface area contributed by atoms with Crippen LogP contribution in [0.25, 0.3) is 0 Å². The van der Waals surface area contributed by atoms with E-state index in [0.29, 0.717) is 13.2 Å². The zero-order valence-electron chi connectivity index (χ0n) is 11.6. The van der Waals surface area contributed by atoms with Crippen LogP contribution in [0.15, 0.2) is 17.0 Å². The molecule has 2 rings (SSSR count). The van der Waals surface area contributed by atoms with E-state index >= 15 is 0 Å². The van der Waals surface area contributed by atoms with Gasteiger partial charge in [-0.15, -0.1) is 0 Å². The standard InChI is InChI=1S/C13H18ClFN2O3S/c1-8(9-2-3-20-7-9)17-21(18,19)12-5-11(14)4-10(6-16)13(12)15/h4-5,8-9,17H,2-3,6-7,16H2,1H3. The Morgan fingerprint density at radius 3 is 2.86 bits per heavy atom. The van der Waals surface area contributed by atoms with Crippen molar-refractivity contribution in [1.82, 2.24) is 4.72 Å². The van der Waals surface area contributed by atoms with Crippen LogP contribution < -0.4 is 10.5 Å². The van der Waals surface area contributed by atoms with Crippen molar-refractivity contribution < 1.29 is 17.5 Å². The van der Waals surface area contributed by atoms with Crippen molar-refractivity contribution in [3.8, 4) is 0 Å². The number of sulfonamides is 1. The fourth-order valence-corrected chi connectivity index (χ4v) is 4.08. The van der Waals surface area contributed by atoms with Crippen LogP contribution in [-0.2, 0) is 21.3 Å². The molecule has 1 aromatic carbocycles. The lowest BCUT2D eigenvalue weighted by molar-refractivity contribution is 0.180. The van der Waals surface area contributed by atoms with Gasteiger partial charge in [-0.25, -0.2) is 17.5 Å². The summed E-state index contributed by atoms with van der Waals surface area (Å²) in [5, 5.41) is 0.133. The lowest BCUT2D eigenvalue weighted by atomic mass is 10.0. The summed E-state index contributed by atoms with van der Waals surface area (Å²) in [4.78, 5) is -0.471. The van der Waals surface area contributed by atoms with Crippen molar-refractivity contribution >= 4 is 21.6 Å². The molecule has 1 fully saturated rings. The highest BCUT2D eigenvalue weighted by Gasteiger charge is 2.29. The van der Waals surface area contributed by atoms with Gasteiger partial charge in [0, 0.05) is 35.7 Å². The quantitative estimate of drug-likeness (QED) is 0.856. The van der Waals surface area contributed by atoms with Crippen molar-refractivity contribution in [2.24, 2.45) is 11.7 Å². The summed E-state index contributed by atoms with van der Waals surface area (Å²) in [5.74, 6) is -0.778. The molecule has 1 aromatic rings. The highest BCUT2D eigenvalue weighted by Crippen LogP contribution is 2.25. The van der Waals surface area contributed by atoms with Crippen LogP contribution in [0.5, 0.6) is 0 Å². The maximum atomic E-state index is 14.2. The number of halogens is 2. The second kappa shape index (κ2) is 6.58. The van der Waals surface area contributed by atoms with Gasteiger partial charge < -0.3 is 10.5 Å². The minimum absolute atomic E-state index is 0.0692. The monoisotopic (exact) mass is 336 g/mol. The Balaban J connectivity index is 2.28. The molecule has 8 heteroatoms. The molecule has 5 nitrogen and oxygen atoms in total. The number of hydrogen-bond donors (Lipinski definition) is 2. The first-order valence-corrected chi connectivity index (χ1v) is 8.49. The number of rotatable bonds is 5. The number of ether oxygens (including phenoxy) is 1. The SMILES string of the molecule is CC(NS(=O)(=O)c1cc(Cl)cc(CN)c1F)C1CCOC1. The zero-order valence-corrected chi connectivity index (χ0v) is 13.2. The second-order valence-electron chi connectivity index (χ2n) is 5.11. The van der Waals surface area contributed by atoms with Gasteiger partial charge >= 0.3 is 0 Å². The van der Waals surface area contributed by atoms with Crippen LogP contribution in [0.4, 0.5) is 4.39 Å². The molecule has 0 aromatic heterocycles. The Morgan fingerprint density at radius 2 is 2.29 bits per heavy atom. The Kier molecular flexibility index (Phi) is 5.21. The molecule has 0 aliphatic carbocycles. The summed E-state index contributed by atoms with van der Waals surface area (Å²) >= 11 is 5.84. The summed E-state index contributed by atoms with van der Waals surface area (Å²) in [6.07, 6.45) is 0.774. The molecule has 1 heterocycles. The number of nitrogens with one attached hydrogen (secondary N) is 1. The van der Waals surface area contributed by atoms with Crippen LogP contribution in [0.1, 0.15) is 18.9 Å². The first kappa shape index (κ1) is 16.6. The average Bonchev–Trinajstić information content (AvgIpc) is 2.94. The largest absolute Gasteiger partial charge is 0.381 e. The van der Waals surface area contributed by atoms with Crippen LogP contribution in [-0.4, -0.2) is 27.7 Å². The van der Waals surface area contributed by atoms with E-state index in [1.54, 1.807) is 6.92 Å². The molecule has 3 N–H and O–H groups in total. The van der Waals surface area contributed by atoms with Gasteiger partial charge in [0.2, 0.25) is 10.0 Å². The summed E-state index contributed by atoms with van der Waals surface area (Å²) in [6.45, 7) is 2.72. The van der Waals surface area contributed by atoms with Crippen molar-refractivity contribution in [2.75, 3.05) is 13.2 Å². The Morgan fingerprint density at radius 1 is 1.57 bits per heavy atom. The van der Waals surface area contributed by atoms with Crippen molar-refractivity contribution in [2.45, 2.75) is 30.8 Å². The van der Waals surface area contributed by atoms with Crippen LogP contribution in [0.2, 0.25) is 5.02 Å². The lowest BCUT2D eigenvalue weighted by Crippen LogP contribution is -2.38. The fraction of sp³-hybridized carbons (Fsp3) is 0.538. The topological polar surface area (TPSA) is 81.4 Å². The van der Waals surface area contributed by atoms with E-state index in [2.05, 4.69) is 4.72 Å².